The summed E-state index contributed by atoms with van der Waals surface area (Å²) >= 11 is 0. The van der Waals surface area contributed by atoms with Gasteiger partial charge in [-0.05, 0) is 42.8 Å². The maximum absolute atomic E-state index is 13.2. The Morgan fingerprint density at radius 2 is 1.59 bits per heavy atom. The van der Waals surface area contributed by atoms with Crippen molar-refractivity contribution in [2.24, 2.45) is 5.14 Å². The van der Waals surface area contributed by atoms with E-state index < -0.39 is 36.9 Å². The minimum absolute atomic E-state index is 0.121. The van der Waals surface area contributed by atoms with Crippen molar-refractivity contribution in [2.45, 2.75) is 23.1 Å². The number of esters is 2. The summed E-state index contributed by atoms with van der Waals surface area (Å²) in [4.78, 5) is 23.1. The second kappa shape index (κ2) is 9.97. The molecule has 0 spiro atoms. The monoisotopic (exact) mass is 485 g/mol. The molecule has 0 aliphatic carbocycles. The Kier molecular flexibility index (Phi) is 7.83. The first-order valence-electron chi connectivity index (χ1n) is 9.18. The number of benzene rings is 2. The molecule has 11 nitrogen and oxygen atoms in total. The topological polar surface area (TPSA) is 171 Å². The summed E-state index contributed by atoms with van der Waals surface area (Å²) in [5.41, 5.74) is -0.294. The maximum Gasteiger partial charge on any atom is 0.339 e. The van der Waals surface area contributed by atoms with Gasteiger partial charge in [0.05, 0.1) is 41.6 Å². The number of sulfonamides is 2. The number of methoxy groups -OCH3 is 2. The van der Waals surface area contributed by atoms with E-state index in [1.165, 1.54) is 18.2 Å². The van der Waals surface area contributed by atoms with E-state index in [9.17, 15) is 26.4 Å². The Labute approximate surface area is 186 Å². The van der Waals surface area contributed by atoms with Gasteiger partial charge in [0.15, 0.2) is 0 Å². The molecular formula is C19H23N3O8S2. The molecule has 0 amide bonds. The van der Waals surface area contributed by atoms with Crippen LogP contribution in [0.15, 0.2) is 46.2 Å². The van der Waals surface area contributed by atoms with Crippen molar-refractivity contribution >= 4 is 43.4 Å². The summed E-state index contributed by atoms with van der Waals surface area (Å²) in [6, 6.07) is 6.93. The standard InChI is InChI=1S/C19H23N3O8S2/c1-4-9-21-15-8-6-13(31(20,25)26)11-16(15)22-32(27,28)17-10-12(18(23)29-2)5-7-14(17)19(24)30-3/h5-8,10-11,21-22H,4,9H2,1-3H3,(H2,20,25,26). The molecule has 2 aromatic carbocycles. The fraction of sp³-hybridized carbons (Fsp3) is 0.263. The van der Waals surface area contributed by atoms with E-state index >= 15 is 0 Å². The third kappa shape index (κ3) is 5.75. The highest BCUT2D eigenvalue weighted by molar-refractivity contribution is 7.92. The van der Waals surface area contributed by atoms with E-state index in [0.29, 0.717) is 13.0 Å². The SMILES string of the molecule is CCCNc1ccc(S(N)(=O)=O)cc1NS(=O)(=O)c1cc(C(=O)OC)ccc1C(=O)OC. The van der Waals surface area contributed by atoms with Crippen molar-refractivity contribution in [1.82, 2.24) is 0 Å². The molecule has 0 saturated heterocycles. The van der Waals surface area contributed by atoms with Crippen LogP contribution in [0.2, 0.25) is 0 Å². The molecule has 0 aliphatic heterocycles. The zero-order chi connectivity index (χ0) is 24.1. The molecule has 0 saturated carbocycles. The van der Waals surface area contributed by atoms with E-state index in [0.717, 1.165) is 32.4 Å². The van der Waals surface area contributed by atoms with Gasteiger partial charge in [0.25, 0.3) is 10.0 Å². The first-order chi connectivity index (χ1) is 14.9. The molecule has 13 heteroatoms. The van der Waals surface area contributed by atoms with Crippen LogP contribution in [0.1, 0.15) is 34.1 Å². The Balaban J connectivity index is 2.66. The van der Waals surface area contributed by atoms with Crippen molar-refractivity contribution < 1.29 is 35.9 Å². The summed E-state index contributed by atoms with van der Waals surface area (Å²) < 4.78 is 61.4. The van der Waals surface area contributed by atoms with Gasteiger partial charge in [0, 0.05) is 6.54 Å². The van der Waals surface area contributed by atoms with Crippen LogP contribution in [0.3, 0.4) is 0 Å². The molecule has 0 bridgehead atoms. The number of primary sulfonamides is 1. The van der Waals surface area contributed by atoms with Crippen LogP contribution in [0.25, 0.3) is 0 Å². The van der Waals surface area contributed by atoms with E-state index in [1.54, 1.807) is 0 Å². The van der Waals surface area contributed by atoms with Crippen molar-refractivity contribution in [3.63, 3.8) is 0 Å². The van der Waals surface area contributed by atoms with Gasteiger partial charge >= 0.3 is 11.9 Å². The van der Waals surface area contributed by atoms with E-state index in [-0.39, 0.29) is 27.4 Å². The maximum atomic E-state index is 13.2. The van der Waals surface area contributed by atoms with Crippen LogP contribution in [0, 0.1) is 0 Å². The van der Waals surface area contributed by atoms with Gasteiger partial charge in [-0.25, -0.2) is 31.6 Å². The average molecular weight is 486 g/mol. The Bertz CT molecular complexity index is 1240. The summed E-state index contributed by atoms with van der Waals surface area (Å²) in [6.07, 6.45) is 0.705. The highest BCUT2D eigenvalue weighted by atomic mass is 32.2. The number of ether oxygens (including phenoxy) is 2. The summed E-state index contributed by atoms with van der Waals surface area (Å²) in [6.45, 7) is 2.35. The second-order valence-electron chi connectivity index (χ2n) is 6.48. The minimum Gasteiger partial charge on any atom is -0.465 e. The molecule has 32 heavy (non-hydrogen) atoms. The number of hydrogen-bond acceptors (Lipinski definition) is 9. The van der Waals surface area contributed by atoms with Gasteiger partial charge in [-0.15, -0.1) is 0 Å². The highest BCUT2D eigenvalue weighted by Crippen LogP contribution is 2.29. The Morgan fingerprint density at radius 1 is 0.938 bits per heavy atom. The predicted octanol–water partition coefficient (Wildman–Crippen LogP) is 1.53. The number of hydrogen-bond donors (Lipinski definition) is 3. The lowest BCUT2D eigenvalue weighted by atomic mass is 10.1. The smallest absolute Gasteiger partial charge is 0.339 e. The number of anilines is 2. The number of carbonyl (C=O) groups is 2. The van der Waals surface area contributed by atoms with Crippen LogP contribution in [0.4, 0.5) is 11.4 Å². The van der Waals surface area contributed by atoms with Crippen LogP contribution >= 0.6 is 0 Å². The van der Waals surface area contributed by atoms with Crippen molar-refractivity contribution in [3.05, 3.63) is 47.5 Å². The van der Waals surface area contributed by atoms with Crippen molar-refractivity contribution in [3.8, 4) is 0 Å². The van der Waals surface area contributed by atoms with Crippen LogP contribution in [-0.2, 0) is 29.5 Å². The Morgan fingerprint density at radius 3 is 2.16 bits per heavy atom. The van der Waals surface area contributed by atoms with Gasteiger partial charge in [-0.1, -0.05) is 6.92 Å². The van der Waals surface area contributed by atoms with E-state index in [2.05, 4.69) is 19.5 Å². The highest BCUT2D eigenvalue weighted by Gasteiger charge is 2.26. The van der Waals surface area contributed by atoms with Crippen LogP contribution in [-0.4, -0.2) is 49.5 Å². The van der Waals surface area contributed by atoms with Crippen LogP contribution in [0.5, 0.6) is 0 Å². The van der Waals surface area contributed by atoms with Crippen LogP contribution < -0.4 is 15.2 Å². The molecule has 2 aromatic rings. The second-order valence-corrected chi connectivity index (χ2v) is 9.69. The zero-order valence-electron chi connectivity index (χ0n) is 17.5. The number of nitrogens with one attached hydrogen (secondary N) is 2. The lowest BCUT2D eigenvalue weighted by Gasteiger charge is -2.16. The molecule has 174 valence electrons. The molecule has 2 rings (SSSR count). The number of nitrogens with two attached hydrogens (primary N) is 1. The zero-order valence-corrected chi connectivity index (χ0v) is 19.2. The first-order valence-corrected chi connectivity index (χ1v) is 12.2. The van der Waals surface area contributed by atoms with Gasteiger partial charge in [-0.3, -0.25) is 4.72 Å². The summed E-state index contributed by atoms with van der Waals surface area (Å²) in [7, 11) is -6.44. The fourth-order valence-corrected chi connectivity index (χ4v) is 4.50. The minimum atomic E-state index is -4.51. The predicted molar refractivity (Wildman–Crippen MR) is 117 cm³/mol. The van der Waals surface area contributed by atoms with E-state index in [4.69, 9.17) is 5.14 Å². The lowest BCUT2D eigenvalue weighted by Crippen LogP contribution is -2.20. The fourth-order valence-electron chi connectivity index (χ4n) is 2.67. The molecule has 4 N–H and O–H groups in total. The quantitative estimate of drug-likeness (QED) is 0.445. The molecule has 0 aromatic heterocycles. The molecule has 0 atom stereocenters. The summed E-state index contributed by atoms with van der Waals surface area (Å²) in [5, 5.41) is 8.14. The molecule has 0 fully saturated rings. The van der Waals surface area contributed by atoms with Gasteiger partial charge in [0.1, 0.15) is 4.90 Å². The molecule has 0 aliphatic rings. The average Bonchev–Trinajstić information content (AvgIpc) is 2.75. The first kappa shape index (κ1) is 25.1. The lowest BCUT2D eigenvalue weighted by molar-refractivity contribution is 0.0583. The third-order valence-corrected chi connectivity index (χ3v) is 6.54. The van der Waals surface area contributed by atoms with Gasteiger partial charge in [-0.2, -0.15) is 0 Å². The molecular weight excluding hydrogens is 462 g/mol. The van der Waals surface area contributed by atoms with Crippen molar-refractivity contribution in [2.75, 3.05) is 30.8 Å². The normalized spacial score (nSPS) is 11.5. The summed E-state index contributed by atoms with van der Waals surface area (Å²) in [5.74, 6) is -1.77. The van der Waals surface area contributed by atoms with Gasteiger partial charge in [0.2, 0.25) is 10.0 Å². The third-order valence-electron chi connectivity index (χ3n) is 4.23. The largest absolute Gasteiger partial charge is 0.465 e. The molecule has 0 heterocycles. The molecule has 0 unspecified atom stereocenters. The van der Waals surface area contributed by atoms with Crippen molar-refractivity contribution in [1.29, 1.82) is 0 Å². The van der Waals surface area contributed by atoms with E-state index in [1.807, 2.05) is 6.92 Å². The van der Waals surface area contributed by atoms with Gasteiger partial charge < -0.3 is 14.8 Å². The number of rotatable bonds is 9. The Hall–Kier alpha value is -3.16. The molecule has 0 radical (unpaired) electrons. The number of carbonyl (C=O) groups excluding carboxylic acids is 2.